The molecule has 3 heterocycles. The molecule has 0 radical (unpaired) electrons. The van der Waals surface area contributed by atoms with Gasteiger partial charge in [-0.3, -0.25) is 19.5 Å². The topological polar surface area (TPSA) is 127 Å². The number of nitrogens with one attached hydrogen (secondary N) is 1. The molecule has 4 N–H and O–H groups in total. The second-order valence-electron chi connectivity index (χ2n) is 10.6. The van der Waals surface area contributed by atoms with Crippen LogP contribution in [-0.2, 0) is 16.1 Å². The van der Waals surface area contributed by atoms with E-state index < -0.39 is 17.6 Å². The molecule has 9 nitrogen and oxygen atoms in total. The summed E-state index contributed by atoms with van der Waals surface area (Å²) in [6.07, 6.45) is 1.60. The van der Waals surface area contributed by atoms with Crippen molar-refractivity contribution in [3.8, 4) is 5.75 Å². The first kappa shape index (κ1) is 27.1. The normalized spacial score (nSPS) is 22.5. The molecule has 2 amide bonds. The van der Waals surface area contributed by atoms with Gasteiger partial charge in [0.15, 0.2) is 0 Å². The van der Waals surface area contributed by atoms with Crippen LogP contribution in [0, 0.1) is 12.3 Å². The van der Waals surface area contributed by atoms with Crippen molar-refractivity contribution in [1.29, 1.82) is 0 Å². The second-order valence-corrected chi connectivity index (χ2v) is 10.6. The largest absolute Gasteiger partial charge is 0.489 e. The summed E-state index contributed by atoms with van der Waals surface area (Å²) in [4.78, 5) is 32.0. The molecule has 206 valence electrons. The van der Waals surface area contributed by atoms with Crippen LogP contribution in [0.1, 0.15) is 47.3 Å². The van der Waals surface area contributed by atoms with E-state index in [0.717, 1.165) is 35.0 Å². The van der Waals surface area contributed by atoms with Crippen molar-refractivity contribution < 1.29 is 24.2 Å². The van der Waals surface area contributed by atoms with Crippen LogP contribution in [-0.4, -0.2) is 65.4 Å². The van der Waals surface area contributed by atoms with Crippen LogP contribution in [0.15, 0.2) is 54.6 Å². The van der Waals surface area contributed by atoms with Crippen molar-refractivity contribution in [2.45, 2.75) is 51.5 Å². The molecule has 2 atom stereocenters. The zero-order valence-corrected chi connectivity index (χ0v) is 22.3. The van der Waals surface area contributed by atoms with Crippen LogP contribution in [0.3, 0.4) is 0 Å². The van der Waals surface area contributed by atoms with Gasteiger partial charge in [-0.15, -0.1) is 0 Å². The Morgan fingerprint density at radius 3 is 2.64 bits per heavy atom. The number of para-hydroxylation sites is 1. The van der Waals surface area contributed by atoms with Crippen LogP contribution in [0.25, 0.3) is 10.9 Å². The fraction of sp³-hybridized carbons (Fsp3) is 0.433. The first-order valence-corrected chi connectivity index (χ1v) is 13.5. The number of hydrogen-bond acceptors (Lipinski definition) is 7. The highest BCUT2D eigenvalue weighted by Gasteiger charge is 2.45. The summed E-state index contributed by atoms with van der Waals surface area (Å²) in [6, 6.07) is 17.1. The lowest BCUT2D eigenvalue weighted by Crippen LogP contribution is -2.58. The summed E-state index contributed by atoms with van der Waals surface area (Å²) < 4.78 is 11.4. The number of nitrogens with two attached hydrogens (primary N) is 1. The van der Waals surface area contributed by atoms with Crippen LogP contribution in [0.5, 0.6) is 5.75 Å². The van der Waals surface area contributed by atoms with Crippen molar-refractivity contribution in [3.05, 3.63) is 71.4 Å². The molecule has 5 rings (SSSR count). The number of aliphatic hydroxyl groups is 1. The van der Waals surface area contributed by atoms with Gasteiger partial charge >= 0.3 is 0 Å². The number of fused-ring (bicyclic) bond motifs is 1. The van der Waals surface area contributed by atoms with E-state index in [2.05, 4.69) is 10.3 Å². The molecule has 2 aromatic carbocycles. The number of carbonyl (C=O) groups excluding carboxylic acids is 2. The SMILES string of the molecule is Cc1cc(COc2ccc(C(=O)NCC3(C(N)=O)CCN(C4CCOCC4)C(O)C3)cc2)c2ccccc2n1. The van der Waals surface area contributed by atoms with Gasteiger partial charge < -0.3 is 25.6 Å². The lowest BCUT2D eigenvalue weighted by Gasteiger charge is -2.46. The third kappa shape index (κ3) is 6.06. The molecule has 39 heavy (non-hydrogen) atoms. The molecular weight excluding hydrogens is 496 g/mol. The monoisotopic (exact) mass is 532 g/mol. The van der Waals surface area contributed by atoms with Crippen LogP contribution in [0.4, 0.5) is 0 Å². The summed E-state index contributed by atoms with van der Waals surface area (Å²) in [6.45, 7) is 4.31. The summed E-state index contributed by atoms with van der Waals surface area (Å²) >= 11 is 0. The first-order valence-electron chi connectivity index (χ1n) is 13.5. The molecule has 2 aliphatic rings. The fourth-order valence-corrected chi connectivity index (χ4v) is 5.70. The second kappa shape index (κ2) is 11.7. The number of piperidine rings is 1. The number of amides is 2. The average molecular weight is 533 g/mol. The Kier molecular flexibility index (Phi) is 8.11. The fourth-order valence-electron chi connectivity index (χ4n) is 5.70. The quantitative estimate of drug-likeness (QED) is 0.407. The maximum atomic E-state index is 12.9. The Balaban J connectivity index is 1.18. The van der Waals surface area contributed by atoms with Gasteiger partial charge in [0.25, 0.3) is 5.91 Å². The van der Waals surface area contributed by atoms with Crippen LogP contribution < -0.4 is 15.8 Å². The van der Waals surface area contributed by atoms with E-state index in [1.807, 2.05) is 42.2 Å². The Hall–Kier alpha value is -3.53. The average Bonchev–Trinajstić information content (AvgIpc) is 2.95. The third-order valence-corrected chi connectivity index (χ3v) is 8.02. The number of aliphatic hydroxyl groups excluding tert-OH is 1. The highest BCUT2D eigenvalue weighted by molar-refractivity contribution is 5.94. The number of rotatable bonds is 8. The summed E-state index contributed by atoms with van der Waals surface area (Å²) in [5, 5.41) is 14.8. The molecule has 2 unspecified atom stereocenters. The molecule has 2 saturated heterocycles. The van der Waals surface area contributed by atoms with Gasteiger partial charge in [-0.25, -0.2) is 0 Å². The highest BCUT2D eigenvalue weighted by Crippen LogP contribution is 2.36. The molecule has 0 saturated carbocycles. The molecular formula is C30H36N4O5. The van der Waals surface area contributed by atoms with E-state index in [0.29, 0.717) is 44.1 Å². The number of carbonyl (C=O) groups is 2. The summed E-state index contributed by atoms with van der Waals surface area (Å²) in [5.74, 6) is -0.169. The smallest absolute Gasteiger partial charge is 0.251 e. The Labute approximate surface area is 228 Å². The number of ether oxygens (including phenoxy) is 2. The third-order valence-electron chi connectivity index (χ3n) is 8.02. The lowest BCUT2D eigenvalue weighted by molar-refractivity contribution is -0.145. The maximum Gasteiger partial charge on any atom is 0.251 e. The Morgan fingerprint density at radius 2 is 1.92 bits per heavy atom. The number of likely N-dealkylation sites (tertiary alicyclic amines) is 1. The zero-order valence-electron chi connectivity index (χ0n) is 22.3. The summed E-state index contributed by atoms with van der Waals surface area (Å²) in [7, 11) is 0. The van der Waals surface area contributed by atoms with Gasteiger partial charge in [-0.2, -0.15) is 0 Å². The van der Waals surface area contributed by atoms with Crippen LogP contribution >= 0.6 is 0 Å². The zero-order chi connectivity index (χ0) is 27.4. The van der Waals surface area contributed by atoms with Crippen LogP contribution in [0.2, 0.25) is 0 Å². The minimum absolute atomic E-state index is 0.0760. The molecule has 3 aromatic rings. The number of nitrogens with zero attached hydrogens (tertiary/aromatic N) is 2. The van der Waals surface area contributed by atoms with Crippen molar-refractivity contribution in [2.75, 3.05) is 26.3 Å². The van der Waals surface area contributed by atoms with Crippen molar-refractivity contribution in [2.24, 2.45) is 11.1 Å². The molecule has 2 aliphatic heterocycles. The van der Waals surface area contributed by atoms with Crippen molar-refractivity contribution in [3.63, 3.8) is 0 Å². The standard InChI is InChI=1S/C30H36N4O5/c1-20-16-22(25-4-2-3-5-26(25)33-20)18-39-24-8-6-21(7-9-24)28(36)32-19-30(29(31)37)12-13-34(27(35)17-30)23-10-14-38-15-11-23/h2-9,16,23,27,35H,10-15,17-19H2,1H3,(H2,31,37)(H,32,36). The van der Waals surface area contributed by atoms with Gasteiger partial charge in [0.1, 0.15) is 18.6 Å². The lowest BCUT2D eigenvalue weighted by atomic mass is 9.76. The molecule has 0 spiro atoms. The van der Waals surface area contributed by atoms with Gasteiger partial charge in [0, 0.05) is 61.0 Å². The van der Waals surface area contributed by atoms with Gasteiger partial charge in [0.2, 0.25) is 5.91 Å². The predicted octanol–water partition coefficient (Wildman–Crippen LogP) is 2.92. The number of aryl methyl sites for hydroxylation is 1. The van der Waals surface area contributed by atoms with E-state index >= 15 is 0 Å². The van der Waals surface area contributed by atoms with E-state index in [9.17, 15) is 14.7 Å². The number of hydrogen-bond donors (Lipinski definition) is 3. The Morgan fingerprint density at radius 1 is 1.18 bits per heavy atom. The van der Waals surface area contributed by atoms with E-state index in [4.69, 9.17) is 15.2 Å². The predicted molar refractivity (Wildman–Crippen MR) is 147 cm³/mol. The maximum absolute atomic E-state index is 12.9. The number of aromatic nitrogens is 1. The van der Waals surface area contributed by atoms with Gasteiger partial charge in [-0.1, -0.05) is 18.2 Å². The summed E-state index contributed by atoms with van der Waals surface area (Å²) in [5.41, 5.74) is 8.15. The molecule has 0 bridgehead atoms. The van der Waals surface area contributed by atoms with E-state index in [1.54, 1.807) is 24.3 Å². The van der Waals surface area contributed by atoms with E-state index in [1.165, 1.54) is 0 Å². The molecule has 1 aromatic heterocycles. The van der Waals surface area contributed by atoms with Crippen molar-refractivity contribution >= 4 is 22.7 Å². The minimum Gasteiger partial charge on any atom is -0.489 e. The highest BCUT2D eigenvalue weighted by atomic mass is 16.5. The molecule has 2 fully saturated rings. The minimum atomic E-state index is -0.995. The number of primary amides is 1. The molecule has 0 aliphatic carbocycles. The van der Waals surface area contributed by atoms with Gasteiger partial charge in [0.05, 0.1) is 10.9 Å². The van der Waals surface area contributed by atoms with Gasteiger partial charge in [-0.05, 0) is 62.6 Å². The number of benzene rings is 2. The Bertz CT molecular complexity index is 1320. The number of pyridine rings is 1. The van der Waals surface area contributed by atoms with E-state index in [-0.39, 0.29) is 24.9 Å². The molecule has 9 heteroatoms. The first-order chi connectivity index (χ1) is 18.8. The van der Waals surface area contributed by atoms with Crippen molar-refractivity contribution in [1.82, 2.24) is 15.2 Å².